The minimum Gasteiger partial charge on any atom is -0.382 e. The highest BCUT2D eigenvalue weighted by molar-refractivity contribution is 9.10. The Morgan fingerprint density at radius 1 is 1.21 bits per heavy atom. The summed E-state index contributed by atoms with van der Waals surface area (Å²) in [6, 6.07) is 12.4. The maximum absolute atomic E-state index is 6.24. The van der Waals surface area contributed by atoms with Gasteiger partial charge in [-0.1, -0.05) is 33.6 Å². The molecule has 1 aliphatic rings. The maximum Gasteiger partial charge on any atom is 0.0658 e. The third-order valence-corrected chi connectivity index (χ3v) is 4.33. The van der Waals surface area contributed by atoms with Crippen LogP contribution in [-0.4, -0.2) is 13.1 Å². The molecule has 0 aromatic heterocycles. The smallest absolute Gasteiger partial charge is 0.0658 e. The van der Waals surface area contributed by atoms with Crippen LogP contribution in [0.3, 0.4) is 0 Å². The fraction of sp³-hybridized carbons (Fsp3) is 0.200. The van der Waals surface area contributed by atoms with Gasteiger partial charge in [0.2, 0.25) is 0 Å². The molecule has 0 aliphatic carbocycles. The summed E-state index contributed by atoms with van der Waals surface area (Å²) < 4.78 is 1.08. The van der Waals surface area contributed by atoms with Gasteiger partial charge < -0.3 is 10.2 Å². The van der Waals surface area contributed by atoms with E-state index in [1.165, 1.54) is 11.4 Å². The molecule has 19 heavy (non-hydrogen) atoms. The van der Waals surface area contributed by atoms with Gasteiger partial charge in [-0.15, -0.1) is 0 Å². The van der Waals surface area contributed by atoms with Crippen LogP contribution in [0.5, 0.6) is 0 Å². The lowest BCUT2D eigenvalue weighted by atomic mass is 10.1. The second-order valence-corrected chi connectivity index (χ2v) is 5.95. The predicted octanol–water partition coefficient (Wildman–Crippen LogP) is 4.97. The van der Waals surface area contributed by atoms with Crippen molar-refractivity contribution in [3.05, 3.63) is 51.5 Å². The van der Waals surface area contributed by atoms with Gasteiger partial charge in [0.1, 0.15) is 0 Å². The van der Waals surface area contributed by atoms with E-state index in [1.54, 1.807) is 0 Å². The molecule has 2 aromatic rings. The highest BCUT2D eigenvalue weighted by Gasteiger charge is 2.20. The zero-order chi connectivity index (χ0) is 13.4. The first kappa shape index (κ1) is 12.8. The van der Waals surface area contributed by atoms with Crippen molar-refractivity contribution >= 4 is 44.6 Å². The van der Waals surface area contributed by atoms with Gasteiger partial charge in [-0.25, -0.2) is 0 Å². The first-order valence-electron chi connectivity index (χ1n) is 6.23. The molecule has 3 rings (SSSR count). The van der Waals surface area contributed by atoms with E-state index >= 15 is 0 Å². The minimum absolute atomic E-state index is 0.813. The van der Waals surface area contributed by atoms with Crippen molar-refractivity contribution in [1.82, 2.24) is 0 Å². The van der Waals surface area contributed by atoms with E-state index in [0.717, 1.165) is 33.8 Å². The van der Waals surface area contributed by atoms with Crippen molar-refractivity contribution in [3.8, 4) is 0 Å². The normalized spacial score (nSPS) is 13.9. The summed E-state index contributed by atoms with van der Waals surface area (Å²) in [4.78, 5) is 2.32. The Balaban J connectivity index is 2.13. The van der Waals surface area contributed by atoms with E-state index in [0.29, 0.717) is 0 Å². The van der Waals surface area contributed by atoms with E-state index in [9.17, 15) is 0 Å². The largest absolute Gasteiger partial charge is 0.382 e. The van der Waals surface area contributed by atoms with Crippen LogP contribution in [0.15, 0.2) is 40.9 Å². The van der Waals surface area contributed by atoms with Gasteiger partial charge in [0, 0.05) is 28.3 Å². The Labute approximate surface area is 126 Å². The molecule has 98 valence electrons. The van der Waals surface area contributed by atoms with Crippen LogP contribution < -0.4 is 10.2 Å². The fourth-order valence-corrected chi connectivity index (χ4v) is 2.96. The average Bonchev–Trinajstić information content (AvgIpc) is 2.41. The van der Waals surface area contributed by atoms with E-state index in [4.69, 9.17) is 11.6 Å². The Morgan fingerprint density at radius 3 is 2.89 bits per heavy atom. The summed E-state index contributed by atoms with van der Waals surface area (Å²) >= 11 is 9.78. The van der Waals surface area contributed by atoms with E-state index < -0.39 is 0 Å². The fourth-order valence-electron chi connectivity index (χ4n) is 2.44. The molecule has 1 aliphatic heterocycles. The van der Waals surface area contributed by atoms with Gasteiger partial charge in [0.15, 0.2) is 0 Å². The predicted molar refractivity (Wildman–Crippen MR) is 85.8 cm³/mol. The lowest BCUT2D eigenvalue weighted by Gasteiger charge is -2.33. The monoisotopic (exact) mass is 336 g/mol. The SMILES string of the molecule is Cc1c(Cl)cccc1N1CCNc2ccc(Br)cc21. The van der Waals surface area contributed by atoms with Crippen LogP contribution in [0, 0.1) is 6.92 Å². The summed E-state index contributed by atoms with van der Waals surface area (Å²) in [5.74, 6) is 0. The van der Waals surface area contributed by atoms with Gasteiger partial charge in [0.05, 0.1) is 11.4 Å². The number of benzene rings is 2. The third-order valence-electron chi connectivity index (χ3n) is 3.43. The van der Waals surface area contributed by atoms with Crippen LogP contribution in [0.4, 0.5) is 17.1 Å². The summed E-state index contributed by atoms with van der Waals surface area (Å²) in [6.45, 7) is 3.93. The van der Waals surface area contributed by atoms with Crippen molar-refractivity contribution in [3.63, 3.8) is 0 Å². The zero-order valence-electron chi connectivity index (χ0n) is 10.6. The summed E-state index contributed by atoms with van der Waals surface area (Å²) in [5.41, 5.74) is 4.64. The Kier molecular flexibility index (Phi) is 3.42. The molecule has 0 atom stereocenters. The molecular formula is C15H14BrClN2. The summed E-state index contributed by atoms with van der Waals surface area (Å²) in [5, 5.41) is 4.24. The summed E-state index contributed by atoms with van der Waals surface area (Å²) in [7, 11) is 0. The van der Waals surface area contributed by atoms with Crippen molar-refractivity contribution in [2.75, 3.05) is 23.3 Å². The van der Waals surface area contributed by atoms with Gasteiger partial charge in [0.25, 0.3) is 0 Å². The lowest BCUT2D eigenvalue weighted by Crippen LogP contribution is -2.30. The lowest BCUT2D eigenvalue weighted by molar-refractivity contribution is 0.922. The van der Waals surface area contributed by atoms with Crippen molar-refractivity contribution in [2.24, 2.45) is 0 Å². The molecule has 0 saturated carbocycles. The first-order valence-corrected chi connectivity index (χ1v) is 7.40. The van der Waals surface area contributed by atoms with Crippen LogP contribution >= 0.6 is 27.5 Å². The molecule has 0 spiro atoms. The number of nitrogens with zero attached hydrogens (tertiary/aromatic N) is 1. The molecule has 0 fully saturated rings. The molecule has 0 radical (unpaired) electrons. The molecule has 2 aromatic carbocycles. The average molecular weight is 338 g/mol. The highest BCUT2D eigenvalue weighted by atomic mass is 79.9. The van der Waals surface area contributed by atoms with Crippen LogP contribution in [-0.2, 0) is 0 Å². The molecule has 1 N–H and O–H groups in total. The molecule has 0 bridgehead atoms. The van der Waals surface area contributed by atoms with E-state index in [-0.39, 0.29) is 0 Å². The van der Waals surface area contributed by atoms with Crippen molar-refractivity contribution in [2.45, 2.75) is 6.92 Å². The number of hydrogen-bond acceptors (Lipinski definition) is 2. The Morgan fingerprint density at radius 2 is 2.05 bits per heavy atom. The molecule has 1 heterocycles. The second-order valence-electron chi connectivity index (χ2n) is 4.62. The molecule has 0 saturated heterocycles. The molecule has 2 nitrogen and oxygen atoms in total. The number of nitrogens with one attached hydrogen (secondary N) is 1. The summed E-state index contributed by atoms with van der Waals surface area (Å²) in [6.07, 6.45) is 0. The van der Waals surface area contributed by atoms with E-state index in [1.807, 2.05) is 12.1 Å². The standard InChI is InChI=1S/C15H14BrClN2/c1-10-12(17)3-2-4-14(10)19-8-7-18-13-6-5-11(16)9-15(13)19/h2-6,9,18H,7-8H2,1H3. The van der Waals surface area contributed by atoms with Crippen molar-refractivity contribution < 1.29 is 0 Å². The Bertz CT molecular complexity index is 628. The number of halogens is 2. The Hall–Kier alpha value is -1.19. The number of fused-ring (bicyclic) bond motifs is 1. The highest BCUT2D eigenvalue weighted by Crippen LogP contribution is 2.39. The first-order chi connectivity index (χ1) is 9.16. The number of hydrogen-bond donors (Lipinski definition) is 1. The van der Waals surface area contributed by atoms with Gasteiger partial charge in [-0.3, -0.25) is 0 Å². The number of rotatable bonds is 1. The molecule has 0 amide bonds. The quantitative estimate of drug-likeness (QED) is 0.790. The van der Waals surface area contributed by atoms with Gasteiger partial charge in [-0.05, 0) is 42.8 Å². The van der Waals surface area contributed by atoms with Crippen molar-refractivity contribution in [1.29, 1.82) is 0 Å². The van der Waals surface area contributed by atoms with Crippen LogP contribution in [0.1, 0.15) is 5.56 Å². The molecular weight excluding hydrogens is 324 g/mol. The topological polar surface area (TPSA) is 15.3 Å². The van der Waals surface area contributed by atoms with Crippen LogP contribution in [0.25, 0.3) is 0 Å². The van der Waals surface area contributed by atoms with Gasteiger partial charge >= 0.3 is 0 Å². The van der Waals surface area contributed by atoms with E-state index in [2.05, 4.69) is 57.3 Å². The zero-order valence-corrected chi connectivity index (χ0v) is 12.9. The van der Waals surface area contributed by atoms with Crippen LogP contribution in [0.2, 0.25) is 5.02 Å². The van der Waals surface area contributed by atoms with Gasteiger partial charge in [-0.2, -0.15) is 0 Å². The second kappa shape index (κ2) is 5.06. The molecule has 4 heteroatoms. The number of anilines is 3. The minimum atomic E-state index is 0.813. The maximum atomic E-state index is 6.24. The molecule has 0 unspecified atom stereocenters. The third kappa shape index (κ3) is 2.33.